The summed E-state index contributed by atoms with van der Waals surface area (Å²) in [7, 11) is 1.69. The number of alkyl halides is 3. The predicted molar refractivity (Wildman–Crippen MR) is 119 cm³/mol. The second kappa shape index (κ2) is 8.80. The van der Waals surface area contributed by atoms with E-state index in [1.54, 1.807) is 29.0 Å². The van der Waals surface area contributed by atoms with E-state index >= 15 is 0 Å². The zero-order valence-corrected chi connectivity index (χ0v) is 18.3. The highest BCUT2D eigenvalue weighted by atomic mass is 19.4. The fourth-order valence-corrected chi connectivity index (χ4v) is 4.07. The van der Waals surface area contributed by atoms with E-state index in [9.17, 15) is 22.8 Å². The van der Waals surface area contributed by atoms with Gasteiger partial charge in [-0.15, -0.1) is 0 Å². The van der Waals surface area contributed by atoms with Crippen LogP contribution in [-0.4, -0.2) is 37.0 Å². The van der Waals surface area contributed by atoms with E-state index < -0.39 is 17.6 Å². The van der Waals surface area contributed by atoms with Gasteiger partial charge < -0.3 is 15.0 Å². The number of ether oxygens (including phenoxy) is 1. The molecule has 0 spiro atoms. The smallest absolute Gasteiger partial charge is 0.416 e. The molecule has 0 atom stereocenters. The number of rotatable bonds is 3. The van der Waals surface area contributed by atoms with Gasteiger partial charge in [-0.3, -0.25) is 9.69 Å². The Balaban J connectivity index is 1.57. The van der Waals surface area contributed by atoms with Crippen molar-refractivity contribution in [1.82, 2.24) is 4.90 Å². The summed E-state index contributed by atoms with van der Waals surface area (Å²) in [5.74, 6) is -0.284. The first kappa shape index (κ1) is 22.7. The van der Waals surface area contributed by atoms with Crippen LogP contribution >= 0.6 is 0 Å². The topological polar surface area (TPSA) is 61.9 Å². The average molecular weight is 459 g/mol. The zero-order valence-electron chi connectivity index (χ0n) is 18.3. The van der Waals surface area contributed by atoms with E-state index in [0.29, 0.717) is 42.8 Å². The minimum Gasteiger partial charge on any atom is -0.493 e. The number of benzene rings is 2. The van der Waals surface area contributed by atoms with Gasteiger partial charge in [0, 0.05) is 37.5 Å². The first-order valence-corrected chi connectivity index (χ1v) is 10.7. The van der Waals surface area contributed by atoms with E-state index in [2.05, 4.69) is 5.32 Å². The van der Waals surface area contributed by atoms with Crippen LogP contribution < -0.4 is 15.0 Å². The van der Waals surface area contributed by atoms with Crippen LogP contribution in [0.4, 0.5) is 29.3 Å². The molecule has 0 saturated carbocycles. The van der Waals surface area contributed by atoms with E-state index in [1.165, 1.54) is 12.1 Å². The fourth-order valence-electron chi connectivity index (χ4n) is 4.07. The molecule has 2 aromatic carbocycles. The van der Waals surface area contributed by atoms with Crippen molar-refractivity contribution < 1.29 is 27.5 Å². The van der Waals surface area contributed by atoms with Crippen molar-refractivity contribution >= 4 is 28.9 Å². The Kier molecular flexibility index (Phi) is 6.05. The van der Waals surface area contributed by atoms with Gasteiger partial charge in [-0.2, -0.15) is 13.2 Å². The lowest BCUT2D eigenvalue weighted by Crippen LogP contribution is -2.44. The number of carbonyl (C=O) groups excluding carboxylic acids is 2. The quantitative estimate of drug-likeness (QED) is 0.635. The molecule has 1 N–H and O–H groups in total. The molecule has 0 aliphatic carbocycles. The lowest BCUT2D eigenvalue weighted by molar-refractivity contribution is -0.137. The number of allylic oxidation sites excluding steroid dienone is 1. The molecule has 174 valence electrons. The van der Waals surface area contributed by atoms with Gasteiger partial charge in [0.25, 0.3) is 0 Å². The van der Waals surface area contributed by atoms with Crippen molar-refractivity contribution in [2.24, 2.45) is 0 Å². The van der Waals surface area contributed by atoms with Crippen LogP contribution in [-0.2, 0) is 17.5 Å². The molecule has 0 bridgehead atoms. The van der Waals surface area contributed by atoms with Crippen LogP contribution in [0, 0.1) is 0 Å². The molecule has 0 fully saturated rings. The van der Waals surface area contributed by atoms with E-state index in [-0.39, 0.29) is 18.4 Å². The van der Waals surface area contributed by atoms with Crippen molar-refractivity contribution in [3.8, 4) is 5.75 Å². The maximum Gasteiger partial charge on any atom is 0.416 e. The molecule has 3 amide bonds. The second-order valence-electron chi connectivity index (χ2n) is 8.02. The third-order valence-electron chi connectivity index (χ3n) is 5.82. The minimum atomic E-state index is -4.47. The van der Waals surface area contributed by atoms with Gasteiger partial charge in [-0.1, -0.05) is 12.1 Å². The summed E-state index contributed by atoms with van der Waals surface area (Å²) < 4.78 is 44.7. The van der Waals surface area contributed by atoms with Crippen molar-refractivity contribution in [3.05, 3.63) is 59.2 Å². The van der Waals surface area contributed by atoms with Gasteiger partial charge in [0.2, 0.25) is 5.91 Å². The van der Waals surface area contributed by atoms with E-state index in [0.717, 1.165) is 23.4 Å². The molecule has 0 unspecified atom stereocenters. The number of amides is 3. The van der Waals surface area contributed by atoms with Crippen molar-refractivity contribution in [2.75, 3.05) is 30.4 Å². The molecular formula is C24H24F3N3O3. The van der Waals surface area contributed by atoms with E-state index in [1.807, 2.05) is 13.0 Å². The number of nitrogens with zero attached hydrogens (tertiary/aromatic N) is 2. The van der Waals surface area contributed by atoms with Gasteiger partial charge in [0.05, 0.1) is 17.9 Å². The van der Waals surface area contributed by atoms with Gasteiger partial charge in [0.1, 0.15) is 5.75 Å². The standard InChI is InChI=1S/C24H24F3N3O3/c1-3-30-14-16-6-8-18(13-20(16)29(2)23(30)32)28-22(31)11-15-5-4-10-33-21-12-17(24(25,26)27)7-9-19(15)21/h6-9,11-13H,3-5,10,14H2,1-2H3,(H,28,31)/b15-11+. The first-order chi connectivity index (χ1) is 15.7. The van der Waals surface area contributed by atoms with Gasteiger partial charge in [0.15, 0.2) is 0 Å². The summed E-state index contributed by atoms with van der Waals surface area (Å²) in [5, 5.41) is 2.80. The second-order valence-corrected chi connectivity index (χ2v) is 8.02. The molecule has 33 heavy (non-hydrogen) atoms. The third kappa shape index (κ3) is 4.67. The maximum atomic E-state index is 13.1. The highest BCUT2D eigenvalue weighted by molar-refractivity contribution is 6.05. The summed E-state index contributed by atoms with van der Waals surface area (Å²) in [4.78, 5) is 28.4. The lowest BCUT2D eigenvalue weighted by Gasteiger charge is -2.34. The zero-order chi connectivity index (χ0) is 23.8. The Bertz CT molecular complexity index is 1130. The molecule has 9 heteroatoms. The molecular weight excluding hydrogens is 435 g/mol. The average Bonchev–Trinajstić information content (AvgIpc) is 2.97. The Morgan fingerprint density at radius 3 is 2.73 bits per heavy atom. The van der Waals surface area contributed by atoms with Crippen molar-refractivity contribution in [2.45, 2.75) is 32.5 Å². The van der Waals surface area contributed by atoms with Gasteiger partial charge in [-0.05, 0) is 55.2 Å². The van der Waals surface area contributed by atoms with Crippen LogP contribution in [0.1, 0.15) is 36.5 Å². The van der Waals surface area contributed by atoms with Crippen LogP contribution in [0.2, 0.25) is 0 Å². The maximum absolute atomic E-state index is 13.1. The van der Waals surface area contributed by atoms with Crippen molar-refractivity contribution in [1.29, 1.82) is 0 Å². The molecule has 0 saturated heterocycles. The van der Waals surface area contributed by atoms with Crippen molar-refractivity contribution in [3.63, 3.8) is 0 Å². The molecule has 2 aliphatic heterocycles. The number of halogens is 3. The summed E-state index contributed by atoms with van der Waals surface area (Å²) >= 11 is 0. The highest BCUT2D eigenvalue weighted by Gasteiger charge is 2.32. The summed E-state index contributed by atoms with van der Waals surface area (Å²) in [6.45, 7) is 3.29. The van der Waals surface area contributed by atoms with Crippen LogP contribution in [0.25, 0.3) is 5.57 Å². The predicted octanol–water partition coefficient (Wildman–Crippen LogP) is 5.29. The van der Waals surface area contributed by atoms with Gasteiger partial charge >= 0.3 is 12.2 Å². The number of carbonyl (C=O) groups is 2. The van der Waals surface area contributed by atoms with Crippen LogP contribution in [0.3, 0.4) is 0 Å². The molecule has 0 aromatic heterocycles. The summed E-state index contributed by atoms with van der Waals surface area (Å²) in [6.07, 6.45) is -2.00. The highest BCUT2D eigenvalue weighted by Crippen LogP contribution is 2.38. The summed E-state index contributed by atoms with van der Waals surface area (Å²) in [5.41, 5.74) is 2.52. The van der Waals surface area contributed by atoms with Crippen LogP contribution in [0.15, 0.2) is 42.5 Å². The molecule has 6 nitrogen and oxygen atoms in total. The van der Waals surface area contributed by atoms with Crippen LogP contribution in [0.5, 0.6) is 5.75 Å². The molecule has 4 rings (SSSR count). The summed E-state index contributed by atoms with van der Waals surface area (Å²) in [6, 6.07) is 8.60. The third-order valence-corrected chi connectivity index (χ3v) is 5.82. The number of anilines is 2. The number of hydrogen-bond acceptors (Lipinski definition) is 3. The fraction of sp³-hybridized carbons (Fsp3) is 0.333. The number of fused-ring (bicyclic) bond motifs is 2. The monoisotopic (exact) mass is 459 g/mol. The Morgan fingerprint density at radius 1 is 1.21 bits per heavy atom. The van der Waals surface area contributed by atoms with Gasteiger partial charge in [-0.25, -0.2) is 4.79 Å². The number of nitrogens with one attached hydrogen (secondary N) is 1. The minimum absolute atomic E-state index is 0.108. The molecule has 0 radical (unpaired) electrons. The largest absolute Gasteiger partial charge is 0.493 e. The molecule has 2 aliphatic rings. The SMILES string of the molecule is CCN1Cc2ccc(NC(=O)/C=C3\CCCOc4cc(C(F)(F)F)ccc43)cc2N(C)C1=O. The normalized spacial score (nSPS) is 17.2. The molecule has 2 aromatic rings. The van der Waals surface area contributed by atoms with E-state index in [4.69, 9.17) is 4.74 Å². The Hall–Kier alpha value is -3.49. The Morgan fingerprint density at radius 2 is 2.00 bits per heavy atom. The number of hydrogen-bond donors (Lipinski definition) is 1. The first-order valence-electron chi connectivity index (χ1n) is 10.7. The molecule has 2 heterocycles. The lowest BCUT2D eigenvalue weighted by atomic mass is 9.99. The Labute approximate surface area is 189 Å². The number of urea groups is 1.